The summed E-state index contributed by atoms with van der Waals surface area (Å²) in [4.78, 5) is 28.9. The third kappa shape index (κ3) is 6.05. The first-order chi connectivity index (χ1) is 14.4. The number of ether oxygens (including phenoxy) is 1. The van der Waals surface area contributed by atoms with Crippen molar-refractivity contribution in [2.45, 2.75) is 19.9 Å². The van der Waals surface area contributed by atoms with E-state index >= 15 is 0 Å². The largest absolute Gasteiger partial charge is 0.378 e. The number of nitrogens with zero attached hydrogens (tertiary/aromatic N) is 2. The molecule has 2 amide bonds. The number of amides is 2. The number of morpholine rings is 1. The Balaban J connectivity index is 1.49. The first kappa shape index (κ1) is 21.8. The third-order valence-electron chi connectivity index (χ3n) is 5.25. The van der Waals surface area contributed by atoms with Crippen molar-refractivity contribution in [1.82, 2.24) is 4.90 Å². The van der Waals surface area contributed by atoms with Crippen molar-refractivity contribution in [3.8, 4) is 0 Å². The SMILES string of the molecule is Cc1cccc(NC(=O)C(C)N(C)CC(=O)Nc2ccc(N3CCOCC3)cc2)c1. The molecule has 0 radical (unpaired) electrons. The molecule has 1 heterocycles. The zero-order chi connectivity index (χ0) is 21.5. The van der Waals surface area contributed by atoms with E-state index < -0.39 is 6.04 Å². The standard InChI is InChI=1S/C23H30N4O3/c1-17-5-4-6-20(15-17)25-23(29)18(2)26(3)16-22(28)24-19-7-9-21(10-8-19)27-11-13-30-14-12-27/h4-10,15,18H,11-14,16H2,1-3H3,(H,24,28)(H,25,29). The van der Waals surface area contributed by atoms with E-state index in [4.69, 9.17) is 4.74 Å². The van der Waals surface area contributed by atoms with Crippen LogP contribution >= 0.6 is 0 Å². The quantitative estimate of drug-likeness (QED) is 0.734. The first-order valence-corrected chi connectivity index (χ1v) is 10.2. The highest BCUT2D eigenvalue weighted by Crippen LogP contribution is 2.19. The molecule has 3 rings (SSSR count). The fourth-order valence-corrected chi connectivity index (χ4v) is 3.31. The van der Waals surface area contributed by atoms with Crippen molar-refractivity contribution < 1.29 is 14.3 Å². The number of rotatable bonds is 7. The second-order valence-corrected chi connectivity index (χ2v) is 7.64. The second kappa shape index (κ2) is 10.2. The van der Waals surface area contributed by atoms with E-state index in [1.165, 1.54) is 0 Å². The predicted molar refractivity (Wildman–Crippen MR) is 120 cm³/mol. The van der Waals surface area contributed by atoms with Crippen molar-refractivity contribution in [1.29, 1.82) is 0 Å². The number of anilines is 3. The summed E-state index contributed by atoms with van der Waals surface area (Å²) in [6.07, 6.45) is 0. The van der Waals surface area contributed by atoms with Crippen LogP contribution in [-0.2, 0) is 14.3 Å². The average molecular weight is 411 g/mol. The maximum atomic E-state index is 12.5. The van der Waals surface area contributed by atoms with E-state index in [0.717, 1.165) is 48.9 Å². The minimum absolute atomic E-state index is 0.119. The number of carbonyl (C=O) groups excluding carboxylic acids is 2. The van der Waals surface area contributed by atoms with Crippen LogP contribution in [0.3, 0.4) is 0 Å². The van der Waals surface area contributed by atoms with Crippen molar-refractivity contribution >= 4 is 28.9 Å². The lowest BCUT2D eigenvalue weighted by molar-refractivity contribution is -0.122. The molecule has 1 aliphatic rings. The number of hydrogen-bond acceptors (Lipinski definition) is 5. The van der Waals surface area contributed by atoms with E-state index in [0.29, 0.717) is 0 Å². The Bertz CT molecular complexity index is 863. The van der Waals surface area contributed by atoms with Gasteiger partial charge in [-0.1, -0.05) is 12.1 Å². The molecular formula is C23H30N4O3. The maximum absolute atomic E-state index is 12.5. The van der Waals surface area contributed by atoms with Crippen LogP contribution in [0.2, 0.25) is 0 Å². The minimum atomic E-state index is -0.444. The summed E-state index contributed by atoms with van der Waals surface area (Å²) in [6, 6.07) is 15.0. The highest BCUT2D eigenvalue weighted by atomic mass is 16.5. The fraction of sp³-hybridized carbons (Fsp3) is 0.391. The molecule has 1 aliphatic heterocycles. The summed E-state index contributed by atoms with van der Waals surface area (Å²) >= 11 is 0. The van der Waals surface area contributed by atoms with E-state index in [9.17, 15) is 9.59 Å². The van der Waals surface area contributed by atoms with Gasteiger partial charge in [-0.2, -0.15) is 0 Å². The zero-order valence-corrected chi connectivity index (χ0v) is 17.9. The summed E-state index contributed by atoms with van der Waals surface area (Å²) in [5.41, 5.74) is 3.69. The Morgan fingerprint density at radius 3 is 2.43 bits per heavy atom. The van der Waals surface area contributed by atoms with Crippen LogP contribution in [-0.4, -0.2) is 62.7 Å². The van der Waals surface area contributed by atoms with Crippen LogP contribution in [0.5, 0.6) is 0 Å². The van der Waals surface area contributed by atoms with Crippen LogP contribution in [0.25, 0.3) is 0 Å². The zero-order valence-electron chi connectivity index (χ0n) is 17.9. The minimum Gasteiger partial charge on any atom is -0.378 e. The lowest BCUT2D eigenvalue weighted by Gasteiger charge is -2.29. The molecule has 0 aromatic heterocycles. The van der Waals surface area contributed by atoms with Crippen LogP contribution in [0.1, 0.15) is 12.5 Å². The Labute approximate surface area is 178 Å². The number of carbonyl (C=O) groups is 2. The highest BCUT2D eigenvalue weighted by molar-refractivity contribution is 5.96. The lowest BCUT2D eigenvalue weighted by atomic mass is 10.2. The van der Waals surface area contributed by atoms with Crippen molar-refractivity contribution in [3.05, 3.63) is 54.1 Å². The van der Waals surface area contributed by atoms with Crippen LogP contribution in [0.4, 0.5) is 17.1 Å². The summed E-state index contributed by atoms with van der Waals surface area (Å²) in [6.45, 7) is 7.10. The normalized spacial score (nSPS) is 15.0. The van der Waals surface area contributed by atoms with Gasteiger partial charge < -0.3 is 20.3 Å². The summed E-state index contributed by atoms with van der Waals surface area (Å²) in [5, 5.41) is 5.80. The molecule has 2 N–H and O–H groups in total. The van der Waals surface area contributed by atoms with E-state index in [1.54, 1.807) is 18.9 Å². The van der Waals surface area contributed by atoms with Gasteiger partial charge in [0.15, 0.2) is 0 Å². The molecule has 30 heavy (non-hydrogen) atoms. The van der Waals surface area contributed by atoms with Gasteiger partial charge in [-0.25, -0.2) is 0 Å². The maximum Gasteiger partial charge on any atom is 0.241 e. The van der Waals surface area contributed by atoms with E-state index in [-0.39, 0.29) is 18.4 Å². The van der Waals surface area contributed by atoms with Gasteiger partial charge in [0, 0.05) is 30.2 Å². The molecule has 0 saturated carbocycles. The molecule has 7 nitrogen and oxygen atoms in total. The molecule has 0 spiro atoms. The molecule has 1 saturated heterocycles. The van der Waals surface area contributed by atoms with Crippen LogP contribution < -0.4 is 15.5 Å². The van der Waals surface area contributed by atoms with Gasteiger partial charge in [-0.05, 0) is 62.9 Å². The molecule has 1 atom stereocenters. The van der Waals surface area contributed by atoms with E-state index in [2.05, 4.69) is 15.5 Å². The number of likely N-dealkylation sites (N-methyl/N-ethyl adjacent to an activating group) is 1. The van der Waals surface area contributed by atoms with Gasteiger partial charge in [0.25, 0.3) is 0 Å². The molecule has 160 valence electrons. The number of benzene rings is 2. The Morgan fingerprint density at radius 1 is 1.07 bits per heavy atom. The second-order valence-electron chi connectivity index (χ2n) is 7.64. The lowest BCUT2D eigenvalue weighted by Crippen LogP contribution is -2.43. The van der Waals surface area contributed by atoms with Crippen LogP contribution in [0.15, 0.2) is 48.5 Å². The van der Waals surface area contributed by atoms with Gasteiger partial charge in [0.05, 0.1) is 25.8 Å². The number of aryl methyl sites for hydroxylation is 1. The van der Waals surface area contributed by atoms with Crippen LogP contribution in [0, 0.1) is 6.92 Å². The number of hydrogen-bond donors (Lipinski definition) is 2. The van der Waals surface area contributed by atoms with Gasteiger partial charge in [0.1, 0.15) is 0 Å². The highest BCUT2D eigenvalue weighted by Gasteiger charge is 2.20. The molecular weight excluding hydrogens is 380 g/mol. The van der Waals surface area contributed by atoms with Crippen molar-refractivity contribution in [3.63, 3.8) is 0 Å². The van der Waals surface area contributed by atoms with Crippen molar-refractivity contribution in [2.24, 2.45) is 0 Å². The van der Waals surface area contributed by atoms with Gasteiger partial charge in [-0.15, -0.1) is 0 Å². The Hall–Kier alpha value is -2.90. The van der Waals surface area contributed by atoms with Gasteiger partial charge >= 0.3 is 0 Å². The summed E-state index contributed by atoms with van der Waals surface area (Å²) < 4.78 is 5.38. The summed E-state index contributed by atoms with van der Waals surface area (Å²) in [5.74, 6) is -0.308. The third-order valence-corrected chi connectivity index (χ3v) is 5.25. The summed E-state index contributed by atoms with van der Waals surface area (Å²) in [7, 11) is 1.77. The molecule has 0 bridgehead atoms. The molecule has 7 heteroatoms. The Morgan fingerprint density at radius 2 is 1.77 bits per heavy atom. The smallest absolute Gasteiger partial charge is 0.241 e. The first-order valence-electron chi connectivity index (χ1n) is 10.2. The van der Waals surface area contributed by atoms with E-state index in [1.807, 2.05) is 55.5 Å². The number of nitrogens with one attached hydrogen (secondary N) is 2. The average Bonchev–Trinajstić information content (AvgIpc) is 2.74. The monoisotopic (exact) mass is 410 g/mol. The molecule has 2 aromatic rings. The molecule has 1 fully saturated rings. The Kier molecular flexibility index (Phi) is 7.43. The predicted octanol–water partition coefficient (Wildman–Crippen LogP) is 2.73. The topological polar surface area (TPSA) is 73.9 Å². The molecule has 2 aromatic carbocycles. The van der Waals surface area contributed by atoms with Gasteiger partial charge in [-0.3, -0.25) is 14.5 Å². The van der Waals surface area contributed by atoms with Crippen molar-refractivity contribution in [2.75, 3.05) is 55.4 Å². The van der Waals surface area contributed by atoms with Gasteiger partial charge in [0.2, 0.25) is 11.8 Å². The molecule has 0 aliphatic carbocycles. The molecule has 1 unspecified atom stereocenters. The fourth-order valence-electron chi connectivity index (χ4n) is 3.31.